The molecule has 2 aliphatic heterocycles. The number of hydrogen-bond acceptors (Lipinski definition) is 3. The number of nitrogens with two attached hydrogens (primary N) is 1. The zero-order valence-electron chi connectivity index (χ0n) is 11.6. The number of rotatable bonds is 1. The molecule has 3 atom stereocenters. The zero-order chi connectivity index (χ0) is 12.3. The summed E-state index contributed by atoms with van der Waals surface area (Å²) >= 11 is 0. The first-order valence-corrected chi connectivity index (χ1v) is 6.76. The van der Waals surface area contributed by atoms with Gasteiger partial charge in [-0.05, 0) is 32.7 Å². The van der Waals surface area contributed by atoms with Gasteiger partial charge in [0.15, 0.2) is 0 Å². The van der Waals surface area contributed by atoms with Crippen molar-refractivity contribution in [2.45, 2.75) is 39.8 Å². The largest absolute Gasteiger partial charge is 0.326 e. The fourth-order valence-electron chi connectivity index (χ4n) is 3.00. The number of likely N-dealkylation sites (tertiary alicyclic amines) is 2. The quantitative estimate of drug-likeness (QED) is 0.731. The fraction of sp³-hybridized carbons (Fsp3) is 1.00. The molecule has 0 aromatic heterocycles. The predicted octanol–water partition coefficient (Wildman–Crippen LogP) is 1.24. The second-order valence-electron chi connectivity index (χ2n) is 5.36. The molecule has 2 N–H and O–H groups in total. The second-order valence-corrected chi connectivity index (χ2v) is 5.36. The van der Waals surface area contributed by atoms with E-state index < -0.39 is 0 Å². The maximum atomic E-state index is 6.24. The van der Waals surface area contributed by atoms with Crippen molar-refractivity contribution in [1.29, 1.82) is 0 Å². The van der Waals surface area contributed by atoms with Crippen LogP contribution in [0.3, 0.4) is 0 Å². The molecule has 2 aliphatic rings. The lowest BCUT2D eigenvalue weighted by molar-refractivity contribution is 0.100. The smallest absolute Gasteiger partial charge is 0.0212 e. The van der Waals surface area contributed by atoms with Gasteiger partial charge in [-0.25, -0.2) is 0 Å². The van der Waals surface area contributed by atoms with E-state index >= 15 is 0 Å². The molecule has 0 bridgehead atoms. The van der Waals surface area contributed by atoms with E-state index in [1.165, 1.54) is 19.6 Å². The minimum absolute atomic E-state index is 0.390. The van der Waals surface area contributed by atoms with Gasteiger partial charge in [-0.15, -0.1) is 0 Å². The van der Waals surface area contributed by atoms with Crippen molar-refractivity contribution in [3.05, 3.63) is 0 Å². The lowest BCUT2D eigenvalue weighted by Gasteiger charge is -2.40. The van der Waals surface area contributed by atoms with E-state index in [9.17, 15) is 0 Å². The van der Waals surface area contributed by atoms with Crippen LogP contribution in [0.4, 0.5) is 0 Å². The van der Waals surface area contributed by atoms with E-state index in [-0.39, 0.29) is 0 Å². The highest BCUT2D eigenvalue weighted by atomic mass is 15.2. The van der Waals surface area contributed by atoms with E-state index in [1.54, 1.807) is 0 Å². The summed E-state index contributed by atoms with van der Waals surface area (Å²) in [6, 6.07) is 1.04. The first-order chi connectivity index (χ1) is 7.58. The van der Waals surface area contributed by atoms with Crippen LogP contribution in [-0.2, 0) is 0 Å². The molecule has 2 fully saturated rings. The predicted molar refractivity (Wildman–Crippen MR) is 70.5 cm³/mol. The molecular formula is C13H29N3. The zero-order valence-corrected chi connectivity index (χ0v) is 11.6. The molecule has 0 radical (unpaired) electrons. The standard InChI is InChI=1S/C11H23N3.C2H6/c1-8(2)14-5-9-4-13(3)6-10(9)11(12)7-14;1-2/h8-11H,4-7,12H2,1-3H3;1-2H3. The minimum atomic E-state index is 0.390. The molecule has 0 amide bonds. The van der Waals surface area contributed by atoms with Gasteiger partial charge in [0.1, 0.15) is 0 Å². The molecule has 3 heteroatoms. The van der Waals surface area contributed by atoms with Gasteiger partial charge >= 0.3 is 0 Å². The van der Waals surface area contributed by atoms with E-state index in [1.807, 2.05) is 13.8 Å². The first-order valence-electron chi connectivity index (χ1n) is 6.76. The second kappa shape index (κ2) is 5.99. The molecule has 16 heavy (non-hydrogen) atoms. The Morgan fingerprint density at radius 3 is 2.25 bits per heavy atom. The van der Waals surface area contributed by atoms with Crippen molar-refractivity contribution >= 4 is 0 Å². The summed E-state index contributed by atoms with van der Waals surface area (Å²) in [6.45, 7) is 13.3. The van der Waals surface area contributed by atoms with Gasteiger partial charge in [-0.2, -0.15) is 0 Å². The number of hydrogen-bond donors (Lipinski definition) is 1. The molecular weight excluding hydrogens is 198 g/mol. The van der Waals surface area contributed by atoms with Crippen molar-refractivity contribution in [1.82, 2.24) is 9.80 Å². The van der Waals surface area contributed by atoms with Gasteiger partial charge in [0.05, 0.1) is 0 Å². The van der Waals surface area contributed by atoms with Crippen LogP contribution in [0, 0.1) is 11.8 Å². The summed E-state index contributed by atoms with van der Waals surface area (Å²) in [5, 5.41) is 0. The van der Waals surface area contributed by atoms with Gasteiger partial charge < -0.3 is 10.6 Å². The summed E-state index contributed by atoms with van der Waals surface area (Å²) in [4.78, 5) is 4.96. The van der Waals surface area contributed by atoms with Crippen molar-refractivity contribution in [2.75, 3.05) is 33.2 Å². The molecule has 0 aromatic rings. The Bertz CT molecular complexity index is 205. The minimum Gasteiger partial charge on any atom is -0.326 e. The normalized spacial score (nSPS) is 35.8. The summed E-state index contributed by atoms with van der Waals surface area (Å²) in [7, 11) is 2.21. The molecule has 0 aromatic carbocycles. The maximum Gasteiger partial charge on any atom is 0.0212 e. The topological polar surface area (TPSA) is 32.5 Å². The van der Waals surface area contributed by atoms with E-state index in [0.717, 1.165) is 18.4 Å². The lowest BCUT2D eigenvalue weighted by Crippen LogP contribution is -2.54. The third kappa shape index (κ3) is 2.96. The van der Waals surface area contributed by atoms with Crippen LogP contribution in [-0.4, -0.2) is 55.1 Å². The summed E-state index contributed by atoms with van der Waals surface area (Å²) in [5.74, 6) is 1.56. The highest BCUT2D eigenvalue weighted by molar-refractivity contribution is 4.96. The van der Waals surface area contributed by atoms with E-state index in [4.69, 9.17) is 5.73 Å². The third-order valence-corrected chi connectivity index (χ3v) is 3.87. The van der Waals surface area contributed by atoms with Crippen molar-refractivity contribution < 1.29 is 0 Å². The van der Waals surface area contributed by atoms with Gasteiger partial charge in [0.25, 0.3) is 0 Å². The molecule has 0 spiro atoms. The summed E-state index contributed by atoms with van der Waals surface area (Å²) < 4.78 is 0. The monoisotopic (exact) mass is 227 g/mol. The summed E-state index contributed by atoms with van der Waals surface area (Å²) in [5.41, 5.74) is 6.24. The number of nitrogens with zero attached hydrogens (tertiary/aromatic N) is 2. The Kier molecular flexibility index (Phi) is 5.22. The average Bonchev–Trinajstić information content (AvgIpc) is 2.62. The van der Waals surface area contributed by atoms with E-state index in [0.29, 0.717) is 12.1 Å². The molecule has 3 nitrogen and oxygen atoms in total. The molecule has 2 rings (SSSR count). The van der Waals surface area contributed by atoms with Crippen LogP contribution in [0.2, 0.25) is 0 Å². The molecule has 3 unspecified atom stereocenters. The highest BCUT2D eigenvalue weighted by Gasteiger charge is 2.40. The SMILES string of the molecule is CC.CC(C)N1CC(N)C2CN(C)CC2C1. The van der Waals surface area contributed by atoms with Crippen LogP contribution in [0.1, 0.15) is 27.7 Å². The van der Waals surface area contributed by atoms with Crippen molar-refractivity contribution in [3.8, 4) is 0 Å². The van der Waals surface area contributed by atoms with Crippen molar-refractivity contribution in [3.63, 3.8) is 0 Å². The average molecular weight is 227 g/mol. The molecule has 2 heterocycles. The van der Waals surface area contributed by atoms with Gasteiger partial charge in [0.2, 0.25) is 0 Å². The maximum absolute atomic E-state index is 6.24. The molecule has 0 saturated carbocycles. The van der Waals surface area contributed by atoms with Crippen LogP contribution in [0.5, 0.6) is 0 Å². The Labute approximate surface area is 101 Å². The third-order valence-electron chi connectivity index (χ3n) is 3.87. The molecule has 2 saturated heterocycles. The van der Waals surface area contributed by atoms with Gasteiger partial charge in [-0.3, -0.25) is 4.90 Å². The molecule has 0 aliphatic carbocycles. The number of fused-ring (bicyclic) bond motifs is 1. The highest BCUT2D eigenvalue weighted by Crippen LogP contribution is 2.30. The Morgan fingerprint density at radius 1 is 1.06 bits per heavy atom. The van der Waals surface area contributed by atoms with E-state index in [2.05, 4.69) is 30.7 Å². The Morgan fingerprint density at radius 2 is 1.69 bits per heavy atom. The molecule has 96 valence electrons. The number of piperidine rings is 1. The van der Waals surface area contributed by atoms with Crippen LogP contribution < -0.4 is 5.73 Å². The van der Waals surface area contributed by atoms with Crippen LogP contribution >= 0.6 is 0 Å². The van der Waals surface area contributed by atoms with Gasteiger partial charge in [0, 0.05) is 38.3 Å². The summed E-state index contributed by atoms with van der Waals surface area (Å²) in [6.07, 6.45) is 0. The van der Waals surface area contributed by atoms with Crippen LogP contribution in [0.15, 0.2) is 0 Å². The van der Waals surface area contributed by atoms with Crippen LogP contribution in [0.25, 0.3) is 0 Å². The lowest BCUT2D eigenvalue weighted by atomic mass is 9.84. The van der Waals surface area contributed by atoms with Crippen molar-refractivity contribution in [2.24, 2.45) is 17.6 Å². The Hall–Kier alpha value is -0.120. The first kappa shape index (κ1) is 13.9. The fourth-order valence-corrected chi connectivity index (χ4v) is 3.00. The Balaban J connectivity index is 0.000000606. The van der Waals surface area contributed by atoms with Gasteiger partial charge in [-0.1, -0.05) is 13.8 Å².